The highest BCUT2D eigenvalue weighted by Gasteiger charge is 2.50. The highest BCUT2D eigenvalue weighted by Crippen LogP contribution is 2.45. The van der Waals surface area contributed by atoms with Crippen LogP contribution in [-0.4, -0.2) is 23.8 Å². The third-order valence-corrected chi connectivity index (χ3v) is 9.50. The van der Waals surface area contributed by atoms with Crippen molar-refractivity contribution in [1.29, 1.82) is 0 Å². The van der Waals surface area contributed by atoms with Gasteiger partial charge < -0.3 is 9.84 Å². The van der Waals surface area contributed by atoms with Gasteiger partial charge in [0.05, 0.1) is 18.1 Å². The van der Waals surface area contributed by atoms with Crippen LogP contribution in [0.3, 0.4) is 0 Å². The van der Waals surface area contributed by atoms with Gasteiger partial charge in [0.2, 0.25) is 0 Å². The molecule has 0 aliphatic rings. The zero-order valence-electron chi connectivity index (χ0n) is 28.9. The predicted octanol–water partition coefficient (Wildman–Crippen LogP) is 12.5. The van der Waals surface area contributed by atoms with Crippen molar-refractivity contribution in [2.75, 3.05) is 6.61 Å². The second-order valence-electron chi connectivity index (χ2n) is 13.2. The molecule has 3 nitrogen and oxygen atoms in total. The van der Waals surface area contributed by atoms with Gasteiger partial charge >= 0.3 is 5.97 Å². The molecule has 0 aliphatic carbocycles. The first-order valence-corrected chi connectivity index (χ1v) is 18.9. The zero-order valence-corrected chi connectivity index (χ0v) is 28.9. The molecule has 0 spiro atoms. The number of carbonyl (C=O) groups is 1. The van der Waals surface area contributed by atoms with E-state index in [0.717, 1.165) is 77.0 Å². The summed E-state index contributed by atoms with van der Waals surface area (Å²) in [5.74, 6) is 0.153. The Morgan fingerprint density at radius 2 is 0.927 bits per heavy atom. The van der Waals surface area contributed by atoms with Crippen molar-refractivity contribution in [2.45, 2.75) is 221 Å². The van der Waals surface area contributed by atoms with Gasteiger partial charge in [-0.2, -0.15) is 0 Å². The summed E-state index contributed by atoms with van der Waals surface area (Å²) < 4.78 is 6.17. The lowest BCUT2D eigenvalue weighted by Crippen LogP contribution is -2.49. The fourth-order valence-electron chi connectivity index (χ4n) is 6.80. The SMILES string of the molecule is CCCCCCCCCCOC(=O)C(CCCCCCCC)(C(O)CCCCCCC)C(CCC)CCCCCC. The Bertz CT molecular complexity index is 548. The van der Waals surface area contributed by atoms with E-state index in [0.29, 0.717) is 6.61 Å². The normalized spacial score (nSPS) is 14.6. The van der Waals surface area contributed by atoms with Crippen molar-refractivity contribution in [3.8, 4) is 0 Å². The van der Waals surface area contributed by atoms with Gasteiger partial charge in [0.25, 0.3) is 0 Å². The topological polar surface area (TPSA) is 46.5 Å². The number of hydrogen-bond donors (Lipinski definition) is 1. The molecule has 3 unspecified atom stereocenters. The van der Waals surface area contributed by atoms with E-state index in [1.807, 2.05) is 0 Å². The van der Waals surface area contributed by atoms with Crippen LogP contribution in [0.15, 0.2) is 0 Å². The fourth-order valence-corrected chi connectivity index (χ4v) is 6.80. The number of aliphatic hydroxyl groups excluding tert-OH is 1. The number of hydrogen-bond acceptors (Lipinski definition) is 3. The van der Waals surface area contributed by atoms with Gasteiger partial charge in [0.15, 0.2) is 0 Å². The van der Waals surface area contributed by atoms with E-state index >= 15 is 0 Å². The highest BCUT2D eigenvalue weighted by molar-refractivity contribution is 5.78. The first-order chi connectivity index (χ1) is 20.0. The van der Waals surface area contributed by atoms with Gasteiger partial charge in [-0.3, -0.25) is 4.79 Å². The molecule has 0 radical (unpaired) electrons. The molecule has 0 aliphatic heterocycles. The predicted molar refractivity (Wildman–Crippen MR) is 181 cm³/mol. The van der Waals surface area contributed by atoms with Gasteiger partial charge in [-0.05, 0) is 38.0 Å². The van der Waals surface area contributed by atoms with E-state index in [9.17, 15) is 9.90 Å². The lowest BCUT2D eigenvalue weighted by atomic mass is 9.63. The van der Waals surface area contributed by atoms with Crippen LogP contribution >= 0.6 is 0 Å². The molecule has 0 bridgehead atoms. The van der Waals surface area contributed by atoms with E-state index < -0.39 is 11.5 Å². The third-order valence-electron chi connectivity index (χ3n) is 9.50. The van der Waals surface area contributed by atoms with E-state index in [4.69, 9.17) is 4.74 Å². The Hall–Kier alpha value is -0.570. The molecule has 1 N–H and O–H groups in total. The number of carbonyl (C=O) groups excluding carboxylic acids is 1. The van der Waals surface area contributed by atoms with Crippen molar-refractivity contribution in [1.82, 2.24) is 0 Å². The average molecular weight is 581 g/mol. The van der Waals surface area contributed by atoms with Crippen molar-refractivity contribution in [3.05, 3.63) is 0 Å². The molecule has 0 heterocycles. The first kappa shape index (κ1) is 40.4. The zero-order chi connectivity index (χ0) is 30.4. The molecule has 0 saturated carbocycles. The van der Waals surface area contributed by atoms with E-state index in [1.165, 1.54) is 103 Å². The minimum absolute atomic E-state index is 0.0657. The van der Waals surface area contributed by atoms with Crippen molar-refractivity contribution in [2.24, 2.45) is 11.3 Å². The smallest absolute Gasteiger partial charge is 0.314 e. The summed E-state index contributed by atoms with van der Waals surface area (Å²) in [7, 11) is 0. The molecule has 246 valence electrons. The minimum Gasteiger partial charge on any atom is -0.465 e. The average Bonchev–Trinajstić information content (AvgIpc) is 2.97. The van der Waals surface area contributed by atoms with E-state index in [-0.39, 0.29) is 11.9 Å². The highest BCUT2D eigenvalue weighted by atomic mass is 16.5. The molecule has 3 atom stereocenters. The van der Waals surface area contributed by atoms with Gasteiger partial charge in [0, 0.05) is 0 Å². The van der Waals surface area contributed by atoms with Gasteiger partial charge in [0.1, 0.15) is 0 Å². The number of rotatable bonds is 32. The molecule has 0 aromatic heterocycles. The summed E-state index contributed by atoms with van der Waals surface area (Å²) in [6.07, 6.45) is 32.0. The summed E-state index contributed by atoms with van der Waals surface area (Å²) in [5, 5.41) is 12.0. The maximum absolute atomic E-state index is 14.2. The van der Waals surface area contributed by atoms with Crippen molar-refractivity contribution >= 4 is 5.97 Å². The summed E-state index contributed by atoms with van der Waals surface area (Å²) in [6, 6.07) is 0. The van der Waals surface area contributed by atoms with Crippen molar-refractivity contribution in [3.63, 3.8) is 0 Å². The molecule has 0 aromatic rings. The minimum atomic E-state index is -0.738. The molecule has 0 aromatic carbocycles. The maximum atomic E-state index is 14.2. The molecule has 41 heavy (non-hydrogen) atoms. The largest absolute Gasteiger partial charge is 0.465 e. The fraction of sp³-hybridized carbons (Fsp3) is 0.974. The Labute approximate surface area is 258 Å². The lowest BCUT2D eigenvalue weighted by molar-refractivity contribution is -0.173. The number of esters is 1. The molecule has 0 saturated heterocycles. The summed E-state index contributed by atoms with van der Waals surface area (Å²) in [6.45, 7) is 11.8. The Morgan fingerprint density at radius 3 is 1.44 bits per heavy atom. The first-order valence-electron chi connectivity index (χ1n) is 18.9. The van der Waals surface area contributed by atoms with Crippen LogP contribution in [0.1, 0.15) is 214 Å². The molecule has 0 rings (SSSR count). The Balaban J connectivity index is 5.62. The molecular formula is C38H76O3. The molecule has 0 amide bonds. The lowest BCUT2D eigenvalue weighted by Gasteiger charge is -2.43. The van der Waals surface area contributed by atoms with Gasteiger partial charge in [-0.25, -0.2) is 0 Å². The second kappa shape index (κ2) is 29.5. The van der Waals surface area contributed by atoms with E-state index in [1.54, 1.807) is 0 Å². The van der Waals surface area contributed by atoms with Crippen LogP contribution in [0.2, 0.25) is 0 Å². The van der Waals surface area contributed by atoms with Gasteiger partial charge in [-0.15, -0.1) is 0 Å². The van der Waals surface area contributed by atoms with E-state index in [2.05, 4.69) is 34.6 Å². The van der Waals surface area contributed by atoms with Crippen LogP contribution < -0.4 is 0 Å². The second-order valence-corrected chi connectivity index (χ2v) is 13.2. The number of ether oxygens (including phenoxy) is 1. The van der Waals surface area contributed by atoms with Crippen LogP contribution in [0.5, 0.6) is 0 Å². The number of aliphatic hydroxyl groups is 1. The summed E-state index contributed by atoms with van der Waals surface area (Å²) >= 11 is 0. The van der Waals surface area contributed by atoms with Crippen molar-refractivity contribution < 1.29 is 14.6 Å². The Morgan fingerprint density at radius 1 is 0.512 bits per heavy atom. The summed E-state index contributed by atoms with van der Waals surface area (Å²) in [5.41, 5.74) is -0.738. The monoisotopic (exact) mass is 581 g/mol. The molecule has 0 fully saturated rings. The van der Waals surface area contributed by atoms with Gasteiger partial charge in [-0.1, -0.05) is 182 Å². The summed E-state index contributed by atoms with van der Waals surface area (Å²) in [4.78, 5) is 14.2. The standard InChI is InChI=1S/C38H76O3/c1-6-11-15-19-21-22-25-29-34-41-37(40)38(33-28-24-20-16-12-7-2,36(39)32-27-23-17-13-8-3)35(30-10-5)31-26-18-14-9-4/h35-36,39H,6-34H2,1-5H3. The van der Waals surface area contributed by atoms with Crippen LogP contribution in [0.25, 0.3) is 0 Å². The Kier molecular flexibility index (Phi) is 29.1. The molecular weight excluding hydrogens is 504 g/mol. The van der Waals surface area contributed by atoms with Crippen LogP contribution in [0, 0.1) is 11.3 Å². The van der Waals surface area contributed by atoms with Crippen LogP contribution in [-0.2, 0) is 9.53 Å². The molecule has 3 heteroatoms. The third kappa shape index (κ3) is 19.4. The number of unbranched alkanes of at least 4 members (excludes halogenated alkanes) is 19. The van der Waals surface area contributed by atoms with Crippen LogP contribution in [0.4, 0.5) is 0 Å². The maximum Gasteiger partial charge on any atom is 0.314 e. The quantitative estimate of drug-likeness (QED) is 0.0635.